The van der Waals surface area contributed by atoms with Crippen LogP contribution >= 0.6 is 0 Å². The first-order valence-corrected chi connectivity index (χ1v) is 10.1. The van der Waals surface area contributed by atoms with Gasteiger partial charge in [0.2, 0.25) is 0 Å². The number of likely N-dealkylation sites (N-methyl/N-ethyl adjacent to an activating group) is 1. The van der Waals surface area contributed by atoms with E-state index in [-0.39, 0.29) is 28.8 Å². The Hall–Kier alpha value is -3.53. The molecular weight excluding hydrogens is 458 g/mol. The number of benzene rings is 2. The summed E-state index contributed by atoms with van der Waals surface area (Å²) in [5, 5.41) is 0. The number of ketones is 1. The lowest BCUT2D eigenvalue weighted by molar-refractivity contribution is -0.113. The second-order valence-corrected chi connectivity index (χ2v) is 7.42. The summed E-state index contributed by atoms with van der Waals surface area (Å²) in [4.78, 5) is 15.1. The van der Waals surface area contributed by atoms with Crippen LogP contribution in [0.25, 0.3) is 12.2 Å². The van der Waals surface area contributed by atoms with Crippen molar-refractivity contribution in [1.82, 2.24) is 4.90 Å². The van der Waals surface area contributed by atoms with Crippen LogP contribution in [-0.4, -0.2) is 58.3 Å². The number of alkyl halides is 4. The number of carbonyl (C=O) groups is 1. The molecule has 0 saturated carbocycles. The van der Waals surface area contributed by atoms with Gasteiger partial charge in [-0.15, -0.1) is 0 Å². The molecule has 0 N–H and O–H groups in total. The van der Waals surface area contributed by atoms with E-state index in [1.165, 1.54) is 38.5 Å². The average molecular weight is 481 g/mol. The van der Waals surface area contributed by atoms with Crippen LogP contribution in [-0.2, 0) is 4.79 Å². The van der Waals surface area contributed by atoms with Crippen molar-refractivity contribution in [3.05, 3.63) is 58.7 Å². The molecule has 2 aromatic carbocycles. The van der Waals surface area contributed by atoms with Crippen molar-refractivity contribution >= 4 is 17.9 Å². The normalized spacial score (nSPS) is 17.0. The summed E-state index contributed by atoms with van der Waals surface area (Å²) in [6, 6.07) is 8.79. The maximum absolute atomic E-state index is 13.1. The van der Waals surface area contributed by atoms with Crippen LogP contribution in [0.4, 0.5) is 17.6 Å². The Morgan fingerprint density at radius 3 is 1.53 bits per heavy atom. The number of methoxy groups -OCH3 is 2. The number of carbonyl (C=O) groups excluding carboxylic acids is 1. The van der Waals surface area contributed by atoms with Crippen molar-refractivity contribution in [2.75, 3.05) is 34.4 Å². The zero-order chi connectivity index (χ0) is 24.8. The lowest BCUT2D eigenvalue weighted by atomic mass is 9.94. The van der Waals surface area contributed by atoms with E-state index in [1.807, 2.05) is 11.9 Å². The summed E-state index contributed by atoms with van der Waals surface area (Å²) >= 11 is 0. The lowest BCUT2D eigenvalue weighted by Crippen LogP contribution is -2.34. The number of nitrogens with zero attached hydrogens (tertiary/aromatic N) is 1. The molecule has 2 aromatic rings. The maximum atomic E-state index is 13.1. The molecule has 1 fully saturated rings. The molecule has 182 valence electrons. The van der Waals surface area contributed by atoms with E-state index in [4.69, 9.17) is 9.47 Å². The molecule has 1 aliphatic heterocycles. The fourth-order valence-corrected chi connectivity index (χ4v) is 3.55. The first kappa shape index (κ1) is 25.1. The summed E-state index contributed by atoms with van der Waals surface area (Å²) in [7, 11) is 4.50. The number of piperidine rings is 1. The number of likely N-dealkylation sites (tertiary alicyclic amines) is 1. The van der Waals surface area contributed by atoms with E-state index in [1.54, 1.807) is 24.3 Å². The third kappa shape index (κ3) is 6.28. The number of hydrogen-bond donors (Lipinski definition) is 0. The molecule has 6 nitrogen and oxygen atoms in total. The minimum atomic E-state index is -2.99. The van der Waals surface area contributed by atoms with Gasteiger partial charge in [0.05, 0.1) is 14.2 Å². The van der Waals surface area contributed by atoms with Gasteiger partial charge in [-0.3, -0.25) is 9.69 Å². The molecule has 0 atom stereocenters. The molecule has 34 heavy (non-hydrogen) atoms. The third-order valence-corrected chi connectivity index (χ3v) is 4.95. The highest BCUT2D eigenvalue weighted by atomic mass is 19.3. The number of Topliss-reactive ketones (excluding diaryl/α,β-unsaturated/α-hetero) is 1. The van der Waals surface area contributed by atoms with Gasteiger partial charge in [-0.1, -0.05) is 12.1 Å². The quantitative estimate of drug-likeness (QED) is 0.396. The Bertz CT molecular complexity index is 1020. The fourth-order valence-electron chi connectivity index (χ4n) is 3.55. The van der Waals surface area contributed by atoms with Gasteiger partial charge < -0.3 is 18.9 Å². The minimum absolute atomic E-state index is 0.111. The van der Waals surface area contributed by atoms with Gasteiger partial charge in [-0.05, 0) is 54.6 Å². The molecule has 0 radical (unpaired) electrons. The van der Waals surface area contributed by atoms with Gasteiger partial charge >= 0.3 is 13.2 Å². The maximum Gasteiger partial charge on any atom is 0.387 e. The molecule has 0 bridgehead atoms. The van der Waals surface area contributed by atoms with E-state index in [0.717, 1.165) is 0 Å². The summed E-state index contributed by atoms with van der Waals surface area (Å²) in [5.41, 5.74) is 2.11. The Kier molecular flexibility index (Phi) is 8.17. The van der Waals surface area contributed by atoms with Gasteiger partial charge in [-0.2, -0.15) is 17.6 Å². The van der Waals surface area contributed by atoms with Crippen LogP contribution in [0.2, 0.25) is 0 Å². The molecule has 0 unspecified atom stereocenters. The largest absolute Gasteiger partial charge is 0.493 e. The number of halogens is 4. The van der Waals surface area contributed by atoms with Gasteiger partial charge in [-0.25, -0.2) is 0 Å². The molecule has 1 saturated heterocycles. The van der Waals surface area contributed by atoms with Crippen LogP contribution in [0, 0.1) is 0 Å². The first-order valence-electron chi connectivity index (χ1n) is 10.1. The second-order valence-electron chi connectivity index (χ2n) is 7.42. The fraction of sp³-hybridized carbons (Fsp3) is 0.292. The van der Waals surface area contributed by atoms with Crippen LogP contribution < -0.4 is 18.9 Å². The van der Waals surface area contributed by atoms with Gasteiger partial charge in [0.25, 0.3) is 0 Å². The van der Waals surface area contributed by atoms with E-state index < -0.39 is 13.2 Å². The van der Waals surface area contributed by atoms with Crippen molar-refractivity contribution in [3.63, 3.8) is 0 Å². The summed E-state index contributed by atoms with van der Waals surface area (Å²) in [5.74, 6) is -0.196. The molecule has 1 heterocycles. The Balaban J connectivity index is 1.90. The molecule has 1 aliphatic rings. The van der Waals surface area contributed by atoms with Crippen molar-refractivity contribution in [3.8, 4) is 23.0 Å². The van der Waals surface area contributed by atoms with Crippen LogP contribution in [0.3, 0.4) is 0 Å². The molecule has 10 heteroatoms. The van der Waals surface area contributed by atoms with Crippen molar-refractivity contribution in [2.24, 2.45) is 0 Å². The summed E-state index contributed by atoms with van der Waals surface area (Å²) in [6.07, 6.45) is 3.31. The number of ether oxygens (including phenoxy) is 4. The highest BCUT2D eigenvalue weighted by Gasteiger charge is 2.24. The third-order valence-electron chi connectivity index (χ3n) is 4.95. The van der Waals surface area contributed by atoms with E-state index in [2.05, 4.69) is 9.47 Å². The zero-order valence-electron chi connectivity index (χ0n) is 18.7. The van der Waals surface area contributed by atoms with Crippen LogP contribution in [0.15, 0.2) is 47.5 Å². The lowest BCUT2D eigenvalue weighted by Gasteiger charge is -2.26. The van der Waals surface area contributed by atoms with Crippen LogP contribution in [0.5, 0.6) is 23.0 Å². The Morgan fingerprint density at radius 1 is 0.765 bits per heavy atom. The van der Waals surface area contributed by atoms with Crippen molar-refractivity contribution in [2.45, 2.75) is 13.2 Å². The van der Waals surface area contributed by atoms with Gasteiger partial charge in [0.15, 0.2) is 28.8 Å². The highest BCUT2D eigenvalue weighted by molar-refractivity contribution is 6.14. The summed E-state index contributed by atoms with van der Waals surface area (Å²) in [6.45, 7) is -5.24. The summed E-state index contributed by atoms with van der Waals surface area (Å²) < 4.78 is 69.3. The Labute approximate surface area is 194 Å². The smallest absolute Gasteiger partial charge is 0.387 e. The monoisotopic (exact) mass is 481 g/mol. The van der Waals surface area contributed by atoms with Crippen molar-refractivity contribution in [1.29, 1.82) is 0 Å². The van der Waals surface area contributed by atoms with Gasteiger partial charge in [0, 0.05) is 24.2 Å². The topological polar surface area (TPSA) is 57.2 Å². The van der Waals surface area contributed by atoms with Crippen LogP contribution in [0.1, 0.15) is 11.1 Å². The molecule has 0 aliphatic carbocycles. The highest BCUT2D eigenvalue weighted by Crippen LogP contribution is 2.32. The van der Waals surface area contributed by atoms with Gasteiger partial charge in [0.1, 0.15) is 0 Å². The SMILES string of the molecule is COc1cc(/C=C2\CN(C)C/C(=C\c3ccc(OC(F)F)c(OC)c3)C2=O)ccc1OC(F)F. The first-order chi connectivity index (χ1) is 16.2. The zero-order valence-corrected chi connectivity index (χ0v) is 18.7. The van der Waals surface area contributed by atoms with Crippen molar-refractivity contribution < 1.29 is 41.3 Å². The molecule has 0 aromatic heterocycles. The average Bonchev–Trinajstić information content (AvgIpc) is 2.78. The van der Waals surface area contributed by atoms with E-state index in [9.17, 15) is 22.4 Å². The predicted octanol–water partition coefficient (Wildman–Crippen LogP) is 4.89. The number of hydrogen-bond acceptors (Lipinski definition) is 6. The Morgan fingerprint density at radius 2 is 1.18 bits per heavy atom. The molecular formula is C24H23F4NO5. The number of rotatable bonds is 8. The standard InChI is InChI=1S/C24H23F4NO5/c1-29-12-16(8-14-4-6-18(33-23(25)26)20(10-14)31-2)22(30)17(13-29)9-15-5-7-19(34-24(27)28)21(11-15)32-3/h4-11,23-24H,12-13H2,1-3H3/b16-8+,17-9+. The van der Waals surface area contributed by atoms with E-state index in [0.29, 0.717) is 35.4 Å². The predicted molar refractivity (Wildman–Crippen MR) is 118 cm³/mol. The minimum Gasteiger partial charge on any atom is -0.493 e. The molecule has 0 amide bonds. The molecule has 0 spiro atoms. The second kappa shape index (κ2) is 11.1. The molecule has 3 rings (SSSR count). The van der Waals surface area contributed by atoms with E-state index >= 15 is 0 Å².